The molecule has 28 heavy (non-hydrogen) atoms. The van der Waals surface area contributed by atoms with E-state index in [1.165, 1.54) is 38.4 Å². The first kappa shape index (κ1) is 20.0. The van der Waals surface area contributed by atoms with Crippen molar-refractivity contribution in [1.29, 1.82) is 0 Å². The highest BCUT2D eigenvalue weighted by atomic mass is 35.5. The van der Waals surface area contributed by atoms with Gasteiger partial charge >= 0.3 is 5.97 Å². The number of hydrogen-bond donors (Lipinski definition) is 0. The molecule has 0 aliphatic heterocycles. The second-order valence-electron chi connectivity index (χ2n) is 5.90. The molecule has 0 fully saturated rings. The highest BCUT2D eigenvalue weighted by Gasteiger charge is 2.18. The average molecular weight is 422 g/mol. The van der Waals surface area contributed by atoms with Crippen LogP contribution in [0.4, 0.5) is 0 Å². The van der Waals surface area contributed by atoms with Crippen molar-refractivity contribution < 1.29 is 22.4 Å². The highest BCUT2D eigenvalue weighted by Crippen LogP contribution is 2.21. The summed E-state index contributed by atoms with van der Waals surface area (Å²) in [4.78, 5) is 12.2. The number of carbonyl (C=O) groups excluding carboxylic acids is 1. The zero-order valence-electron chi connectivity index (χ0n) is 15.0. The van der Waals surface area contributed by atoms with Crippen molar-refractivity contribution in [2.45, 2.75) is 11.5 Å². The van der Waals surface area contributed by atoms with Crippen LogP contribution in [0.25, 0.3) is 11.5 Å². The third-order valence-electron chi connectivity index (χ3n) is 3.75. The zero-order valence-corrected chi connectivity index (χ0v) is 16.6. The summed E-state index contributed by atoms with van der Waals surface area (Å²) < 4.78 is 35.8. The maximum absolute atomic E-state index is 12.1. The Kier molecular flexibility index (Phi) is 5.78. The standard InChI is InChI=1S/C18H16ClN3O5S/c1-22(2)28(24,25)15-9-5-13(6-10-15)18(23)26-11-16-20-21-17(27-16)12-3-7-14(19)8-4-12/h3-10H,11H2,1-2H3. The van der Waals surface area contributed by atoms with Gasteiger partial charge in [-0.1, -0.05) is 11.6 Å². The van der Waals surface area contributed by atoms with E-state index in [1.807, 2.05) is 0 Å². The number of aromatic nitrogens is 2. The van der Waals surface area contributed by atoms with Crippen molar-refractivity contribution >= 4 is 27.6 Å². The van der Waals surface area contributed by atoms with Crippen molar-refractivity contribution in [1.82, 2.24) is 14.5 Å². The first-order valence-corrected chi connectivity index (χ1v) is 9.87. The van der Waals surface area contributed by atoms with E-state index in [0.29, 0.717) is 10.6 Å². The predicted octanol–water partition coefficient (Wildman–Crippen LogP) is 3.00. The molecule has 0 aliphatic carbocycles. The third kappa shape index (κ3) is 4.38. The summed E-state index contributed by atoms with van der Waals surface area (Å²) >= 11 is 5.84. The first-order chi connectivity index (χ1) is 13.3. The molecule has 0 saturated carbocycles. The van der Waals surface area contributed by atoms with Gasteiger partial charge in [0.2, 0.25) is 15.9 Å². The van der Waals surface area contributed by atoms with Crippen molar-refractivity contribution in [3.8, 4) is 11.5 Å². The lowest BCUT2D eigenvalue weighted by atomic mass is 10.2. The molecule has 0 atom stereocenters. The van der Waals surface area contributed by atoms with Gasteiger partial charge in [-0.05, 0) is 48.5 Å². The maximum atomic E-state index is 12.1. The Labute approximate surface area is 166 Å². The van der Waals surface area contributed by atoms with Gasteiger partial charge in [-0.3, -0.25) is 0 Å². The Balaban J connectivity index is 1.64. The van der Waals surface area contributed by atoms with Gasteiger partial charge in [0, 0.05) is 24.7 Å². The minimum Gasteiger partial charge on any atom is -0.452 e. The molecule has 0 N–H and O–H groups in total. The summed E-state index contributed by atoms with van der Waals surface area (Å²) in [6, 6.07) is 12.3. The fourth-order valence-electron chi connectivity index (χ4n) is 2.21. The summed E-state index contributed by atoms with van der Waals surface area (Å²) in [5.41, 5.74) is 0.891. The Morgan fingerprint density at radius 1 is 1.07 bits per heavy atom. The van der Waals surface area contributed by atoms with Gasteiger partial charge in [-0.25, -0.2) is 17.5 Å². The zero-order chi connectivity index (χ0) is 20.3. The van der Waals surface area contributed by atoms with Crippen molar-refractivity contribution in [3.63, 3.8) is 0 Å². The number of hydrogen-bond acceptors (Lipinski definition) is 7. The molecule has 1 heterocycles. The van der Waals surface area contributed by atoms with Crippen LogP contribution in [0.5, 0.6) is 0 Å². The van der Waals surface area contributed by atoms with Crippen molar-refractivity contribution in [2.75, 3.05) is 14.1 Å². The van der Waals surface area contributed by atoms with E-state index in [4.69, 9.17) is 20.8 Å². The molecule has 2 aromatic carbocycles. The van der Waals surface area contributed by atoms with E-state index < -0.39 is 16.0 Å². The minimum absolute atomic E-state index is 0.0820. The van der Waals surface area contributed by atoms with E-state index in [-0.39, 0.29) is 28.8 Å². The fourth-order valence-corrected chi connectivity index (χ4v) is 3.23. The second kappa shape index (κ2) is 8.09. The van der Waals surface area contributed by atoms with Crippen LogP contribution in [0.3, 0.4) is 0 Å². The number of rotatable bonds is 6. The van der Waals surface area contributed by atoms with Crippen LogP contribution in [0.15, 0.2) is 57.8 Å². The van der Waals surface area contributed by atoms with Gasteiger partial charge in [0.15, 0.2) is 6.61 Å². The molecular formula is C18H16ClN3O5S. The van der Waals surface area contributed by atoms with Crippen molar-refractivity contribution in [3.05, 3.63) is 65.0 Å². The van der Waals surface area contributed by atoms with Crippen LogP contribution in [-0.4, -0.2) is 43.0 Å². The number of esters is 1. The van der Waals surface area contributed by atoms with E-state index in [9.17, 15) is 13.2 Å². The molecule has 10 heteroatoms. The molecule has 0 amide bonds. The molecule has 3 aromatic rings. The number of benzene rings is 2. The molecule has 8 nitrogen and oxygen atoms in total. The van der Waals surface area contributed by atoms with Crippen LogP contribution in [0.2, 0.25) is 5.02 Å². The lowest BCUT2D eigenvalue weighted by Gasteiger charge is -2.11. The molecule has 0 spiro atoms. The molecule has 0 aliphatic rings. The lowest BCUT2D eigenvalue weighted by Crippen LogP contribution is -2.22. The van der Waals surface area contributed by atoms with Gasteiger partial charge in [0.25, 0.3) is 5.89 Å². The number of carbonyl (C=O) groups is 1. The largest absolute Gasteiger partial charge is 0.452 e. The smallest absolute Gasteiger partial charge is 0.338 e. The normalized spacial score (nSPS) is 11.6. The predicted molar refractivity (Wildman–Crippen MR) is 101 cm³/mol. The Morgan fingerprint density at radius 3 is 2.32 bits per heavy atom. The van der Waals surface area contributed by atoms with E-state index in [1.54, 1.807) is 24.3 Å². The fraction of sp³-hybridized carbons (Fsp3) is 0.167. The van der Waals surface area contributed by atoms with Crippen LogP contribution in [0, 0.1) is 0 Å². The molecule has 0 bridgehead atoms. The number of ether oxygens (including phenoxy) is 1. The molecular weight excluding hydrogens is 406 g/mol. The topological polar surface area (TPSA) is 103 Å². The quantitative estimate of drug-likeness (QED) is 0.563. The molecule has 146 valence electrons. The van der Waals surface area contributed by atoms with Crippen molar-refractivity contribution in [2.24, 2.45) is 0 Å². The monoisotopic (exact) mass is 421 g/mol. The van der Waals surface area contributed by atoms with Gasteiger partial charge in [0.1, 0.15) is 0 Å². The molecule has 0 unspecified atom stereocenters. The van der Waals surface area contributed by atoms with Crippen LogP contribution in [-0.2, 0) is 21.4 Å². The molecule has 0 saturated heterocycles. The summed E-state index contributed by atoms with van der Waals surface area (Å²) in [6.07, 6.45) is 0. The van der Waals surface area contributed by atoms with E-state index in [2.05, 4.69) is 10.2 Å². The molecule has 3 rings (SSSR count). The van der Waals surface area contributed by atoms with Gasteiger partial charge in [0.05, 0.1) is 10.5 Å². The highest BCUT2D eigenvalue weighted by molar-refractivity contribution is 7.89. The first-order valence-electron chi connectivity index (χ1n) is 8.05. The van der Waals surface area contributed by atoms with Crippen LogP contribution < -0.4 is 0 Å². The van der Waals surface area contributed by atoms with E-state index in [0.717, 1.165) is 4.31 Å². The summed E-state index contributed by atoms with van der Waals surface area (Å²) in [6.45, 7) is -0.211. The van der Waals surface area contributed by atoms with Gasteiger partial charge < -0.3 is 9.15 Å². The Hall–Kier alpha value is -2.75. The third-order valence-corrected chi connectivity index (χ3v) is 5.83. The summed E-state index contributed by atoms with van der Waals surface area (Å²) in [7, 11) is -0.700. The number of halogens is 1. The van der Waals surface area contributed by atoms with Gasteiger partial charge in [-0.15, -0.1) is 10.2 Å². The summed E-state index contributed by atoms with van der Waals surface area (Å²) in [5, 5.41) is 8.32. The van der Waals surface area contributed by atoms with Crippen LogP contribution >= 0.6 is 11.6 Å². The lowest BCUT2D eigenvalue weighted by molar-refractivity contribution is 0.0438. The van der Waals surface area contributed by atoms with E-state index >= 15 is 0 Å². The minimum atomic E-state index is -3.56. The maximum Gasteiger partial charge on any atom is 0.338 e. The average Bonchev–Trinajstić information content (AvgIpc) is 3.15. The Bertz CT molecular complexity index is 1080. The Morgan fingerprint density at radius 2 is 1.71 bits per heavy atom. The van der Waals surface area contributed by atoms with Crippen LogP contribution in [0.1, 0.15) is 16.2 Å². The molecule has 0 radical (unpaired) electrons. The number of nitrogens with zero attached hydrogens (tertiary/aromatic N) is 3. The summed E-state index contributed by atoms with van der Waals surface area (Å²) in [5.74, 6) is -0.230. The van der Waals surface area contributed by atoms with Gasteiger partial charge in [-0.2, -0.15) is 0 Å². The SMILES string of the molecule is CN(C)S(=O)(=O)c1ccc(C(=O)OCc2nnc(-c3ccc(Cl)cc3)o2)cc1. The number of sulfonamides is 1. The second-order valence-corrected chi connectivity index (χ2v) is 8.48. The molecule has 1 aromatic heterocycles.